The summed E-state index contributed by atoms with van der Waals surface area (Å²) < 4.78 is 7.46. The van der Waals surface area contributed by atoms with Gasteiger partial charge in [-0.25, -0.2) is 4.99 Å². The standard InChI is InChI=1S/C23H32N6O/c1-6-24-23(25-13-20-12-22(16(2)3)28-30-20)26-14-21-17(4)27-29(18(21)5)15-19-10-8-7-9-11-19/h7-12,16H,6,13-15H2,1-5H3,(H2,24,25,26). The Morgan fingerprint density at radius 3 is 2.60 bits per heavy atom. The van der Waals surface area contributed by atoms with Gasteiger partial charge in [0.2, 0.25) is 0 Å². The van der Waals surface area contributed by atoms with Crippen LogP contribution in [0.25, 0.3) is 0 Å². The summed E-state index contributed by atoms with van der Waals surface area (Å²) in [5.74, 6) is 1.89. The Hall–Kier alpha value is -3.09. The van der Waals surface area contributed by atoms with Crippen molar-refractivity contribution in [1.29, 1.82) is 0 Å². The molecule has 0 unspecified atom stereocenters. The lowest BCUT2D eigenvalue weighted by atomic mass is 10.1. The third-order valence-corrected chi connectivity index (χ3v) is 5.04. The Labute approximate surface area is 178 Å². The predicted molar refractivity (Wildman–Crippen MR) is 119 cm³/mol. The van der Waals surface area contributed by atoms with E-state index in [2.05, 4.69) is 72.4 Å². The molecule has 0 aliphatic heterocycles. The molecule has 0 aliphatic rings. The Morgan fingerprint density at radius 1 is 1.17 bits per heavy atom. The second-order valence-corrected chi connectivity index (χ2v) is 7.71. The molecule has 0 spiro atoms. The Balaban J connectivity index is 1.67. The number of guanidine groups is 1. The first-order valence-corrected chi connectivity index (χ1v) is 10.5. The second kappa shape index (κ2) is 10.1. The average Bonchev–Trinajstić information content (AvgIpc) is 3.31. The van der Waals surface area contributed by atoms with E-state index >= 15 is 0 Å². The summed E-state index contributed by atoms with van der Waals surface area (Å²) in [5, 5.41) is 15.4. The summed E-state index contributed by atoms with van der Waals surface area (Å²) in [5.41, 5.74) is 5.52. The van der Waals surface area contributed by atoms with Crippen molar-refractivity contribution in [3.8, 4) is 0 Å². The van der Waals surface area contributed by atoms with Crippen LogP contribution in [0.15, 0.2) is 45.9 Å². The van der Waals surface area contributed by atoms with Crippen molar-refractivity contribution < 1.29 is 4.52 Å². The highest BCUT2D eigenvalue weighted by Crippen LogP contribution is 2.16. The van der Waals surface area contributed by atoms with Gasteiger partial charge in [0.05, 0.1) is 31.0 Å². The van der Waals surface area contributed by atoms with Crippen LogP contribution < -0.4 is 10.6 Å². The van der Waals surface area contributed by atoms with Crippen LogP contribution in [-0.4, -0.2) is 27.4 Å². The molecule has 0 amide bonds. The lowest BCUT2D eigenvalue weighted by molar-refractivity contribution is 0.372. The molecule has 7 heteroatoms. The first kappa shape index (κ1) is 21.6. The molecule has 0 aliphatic carbocycles. The molecule has 7 nitrogen and oxygen atoms in total. The van der Waals surface area contributed by atoms with Crippen LogP contribution in [0, 0.1) is 13.8 Å². The van der Waals surface area contributed by atoms with Crippen molar-refractivity contribution >= 4 is 5.96 Å². The number of hydrogen-bond donors (Lipinski definition) is 2. The summed E-state index contributed by atoms with van der Waals surface area (Å²) in [4.78, 5) is 4.76. The zero-order valence-corrected chi connectivity index (χ0v) is 18.6. The minimum absolute atomic E-state index is 0.350. The molecule has 2 heterocycles. The van der Waals surface area contributed by atoms with Gasteiger partial charge in [-0.1, -0.05) is 49.3 Å². The lowest BCUT2D eigenvalue weighted by Crippen LogP contribution is -2.36. The van der Waals surface area contributed by atoms with Crippen molar-refractivity contribution in [1.82, 2.24) is 25.6 Å². The Bertz CT molecular complexity index is 971. The molecule has 3 aromatic rings. The van der Waals surface area contributed by atoms with E-state index in [4.69, 9.17) is 14.6 Å². The molecule has 3 rings (SSSR count). The van der Waals surface area contributed by atoms with Crippen LogP contribution >= 0.6 is 0 Å². The van der Waals surface area contributed by atoms with E-state index in [1.54, 1.807) is 0 Å². The Kier molecular flexibility index (Phi) is 7.27. The average molecular weight is 409 g/mol. The molecule has 0 radical (unpaired) electrons. The van der Waals surface area contributed by atoms with Gasteiger partial charge >= 0.3 is 0 Å². The van der Waals surface area contributed by atoms with Gasteiger partial charge in [-0.15, -0.1) is 0 Å². The number of aryl methyl sites for hydroxylation is 1. The molecule has 160 valence electrons. The zero-order chi connectivity index (χ0) is 21.5. The van der Waals surface area contributed by atoms with Crippen LogP contribution in [0.4, 0.5) is 0 Å². The first-order valence-electron chi connectivity index (χ1n) is 10.5. The first-order chi connectivity index (χ1) is 14.5. The van der Waals surface area contributed by atoms with Gasteiger partial charge in [-0.2, -0.15) is 5.10 Å². The van der Waals surface area contributed by atoms with Crippen molar-refractivity contribution in [2.45, 2.75) is 60.2 Å². The molecule has 0 saturated heterocycles. The maximum Gasteiger partial charge on any atom is 0.191 e. The van der Waals surface area contributed by atoms with Crippen LogP contribution in [0.3, 0.4) is 0 Å². The van der Waals surface area contributed by atoms with Crippen LogP contribution in [0.5, 0.6) is 0 Å². The zero-order valence-electron chi connectivity index (χ0n) is 18.6. The van der Waals surface area contributed by atoms with Gasteiger partial charge in [0, 0.05) is 23.9 Å². The van der Waals surface area contributed by atoms with E-state index in [1.165, 1.54) is 5.56 Å². The van der Waals surface area contributed by atoms with Gasteiger partial charge in [0.25, 0.3) is 0 Å². The van der Waals surface area contributed by atoms with Gasteiger partial charge in [0.15, 0.2) is 11.7 Å². The highest BCUT2D eigenvalue weighted by Gasteiger charge is 2.12. The highest BCUT2D eigenvalue weighted by molar-refractivity contribution is 5.79. The summed E-state index contributed by atoms with van der Waals surface area (Å²) in [6.07, 6.45) is 0. The maximum atomic E-state index is 5.41. The number of aromatic nitrogens is 3. The van der Waals surface area contributed by atoms with Gasteiger partial charge in [-0.3, -0.25) is 4.68 Å². The fourth-order valence-electron chi connectivity index (χ4n) is 3.23. The SMILES string of the molecule is CCNC(=NCc1c(C)nn(Cc2ccccc2)c1C)NCc1cc(C(C)C)no1. The van der Waals surface area contributed by atoms with Crippen molar-refractivity contribution in [3.63, 3.8) is 0 Å². The summed E-state index contributed by atoms with van der Waals surface area (Å²) in [7, 11) is 0. The van der Waals surface area contributed by atoms with Crippen LogP contribution in [-0.2, 0) is 19.6 Å². The quantitative estimate of drug-likeness (QED) is 0.436. The summed E-state index contributed by atoms with van der Waals surface area (Å²) in [6.45, 7) is 13.1. The Morgan fingerprint density at radius 2 is 1.93 bits per heavy atom. The summed E-state index contributed by atoms with van der Waals surface area (Å²) >= 11 is 0. The number of nitrogens with zero attached hydrogens (tertiary/aromatic N) is 4. The topological polar surface area (TPSA) is 80.3 Å². The fourth-order valence-corrected chi connectivity index (χ4v) is 3.23. The molecule has 0 fully saturated rings. The number of rotatable bonds is 8. The molecular weight excluding hydrogens is 376 g/mol. The molecule has 2 aromatic heterocycles. The monoisotopic (exact) mass is 408 g/mol. The third kappa shape index (κ3) is 5.49. The molecule has 1 aromatic carbocycles. The lowest BCUT2D eigenvalue weighted by Gasteiger charge is -2.10. The third-order valence-electron chi connectivity index (χ3n) is 5.04. The van der Waals surface area contributed by atoms with Gasteiger partial charge in [0.1, 0.15) is 0 Å². The number of aliphatic imine (C=N–C) groups is 1. The minimum Gasteiger partial charge on any atom is -0.359 e. The van der Waals surface area contributed by atoms with E-state index in [0.717, 1.165) is 47.5 Å². The highest BCUT2D eigenvalue weighted by atomic mass is 16.5. The second-order valence-electron chi connectivity index (χ2n) is 7.71. The fraction of sp³-hybridized carbons (Fsp3) is 0.435. The number of nitrogens with one attached hydrogen (secondary N) is 2. The van der Waals surface area contributed by atoms with Crippen LogP contribution in [0.2, 0.25) is 0 Å². The van der Waals surface area contributed by atoms with Gasteiger partial charge < -0.3 is 15.2 Å². The van der Waals surface area contributed by atoms with E-state index in [-0.39, 0.29) is 0 Å². The largest absolute Gasteiger partial charge is 0.359 e. The van der Waals surface area contributed by atoms with E-state index in [0.29, 0.717) is 19.0 Å². The van der Waals surface area contributed by atoms with E-state index in [9.17, 15) is 0 Å². The minimum atomic E-state index is 0.350. The predicted octanol–water partition coefficient (Wildman–Crippen LogP) is 3.91. The summed E-state index contributed by atoms with van der Waals surface area (Å²) in [6, 6.07) is 12.4. The number of hydrogen-bond acceptors (Lipinski definition) is 4. The maximum absolute atomic E-state index is 5.41. The molecule has 0 saturated carbocycles. The normalized spacial score (nSPS) is 11.9. The van der Waals surface area contributed by atoms with Gasteiger partial charge in [-0.05, 0) is 32.3 Å². The molecule has 0 atom stereocenters. The molecular formula is C23H32N6O. The molecule has 30 heavy (non-hydrogen) atoms. The smallest absolute Gasteiger partial charge is 0.191 e. The van der Waals surface area contributed by atoms with Crippen LogP contribution in [0.1, 0.15) is 60.7 Å². The van der Waals surface area contributed by atoms with Crippen molar-refractivity contribution in [2.24, 2.45) is 4.99 Å². The molecule has 2 N–H and O–H groups in total. The van der Waals surface area contributed by atoms with E-state index in [1.807, 2.05) is 19.1 Å². The molecule has 0 bridgehead atoms. The van der Waals surface area contributed by atoms with Crippen molar-refractivity contribution in [2.75, 3.05) is 6.54 Å². The number of benzene rings is 1. The van der Waals surface area contributed by atoms with Crippen molar-refractivity contribution in [3.05, 3.63) is 70.4 Å². The van der Waals surface area contributed by atoms with E-state index < -0.39 is 0 Å².